The van der Waals surface area contributed by atoms with E-state index < -0.39 is 5.69 Å². The SMILES string of the molecule is CCc1ccc(OP(=S)([S-])Oc2ccc(CC)cc2)cc1.[Na+]. The van der Waals surface area contributed by atoms with Crippen LogP contribution in [0.15, 0.2) is 48.5 Å². The Balaban J connectivity index is 0.00000242. The van der Waals surface area contributed by atoms with Crippen molar-refractivity contribution in [2.75, 3.05) is 0 Å². The van der Waals surface area contributed by atoms with Gasteiger partial charge in [0.25, 0.3) is 0 Å². The number of hydrogen-bond donors (Lipinski definition) is 0. The quantitative estimate of drug-likeness (QED) is 0.446. The van der Waals surface area contributed by atoms with E-state index in [-0.39, 0.29) is 29.6 Å². The van der Waals surface area contributed by atoms with E-state index in [4.69, 9.17) is 33.1 Å². The van der Waals surface area contributed by atoms with Gasteiger partial charge in [0.15, 0.2) is 5.69 Å². The molecule has 0 atom stereocenters. The van der Waals surface area contributed by atoms with E-state index in [0.29, 0.717) is 11.5 Å². The predicted molar refractivity (Wildman–Crippen MR) is 94.5 cm³/mol. The summed E-state index contributed by atoms with van der Waals surface area (Å²) in [7, 11) is 0. The van der Waals surface area contributed by atoms with Gasteiger partial charge in [-0.25, -0.2) is 0 Å². The molecule has 0 aliphatic rings. The van der Waals surface area contributed by atoms with Crippen LogP contribution in [-0.4, -0.2) is 0 Å². The molecule has 0 bridgehead atoms. The summed E-state index contributed by atoms with van der Waals surface area (Å²) in [6.07, 6.45) is 1.98. The summed E-state index contributed by atoms with van der Waals surface area (Å²) in [5.74, 6) is 1.33. The molecule has 0 radical (unpaired) electrons. The second-order valence-corrected chi connectivity index (χ2v) is 9.46. The average molecular weight is 360 g/mol. The Morgan fingerprint density at radius 3 is 1.41 bits per heavy atom. The van der Waals surface area contributed by atoms with Gasteiger partial charge in [0.2, 0.25) is 0 Å². The smallest absolute Gasteiger partial charge is 0.665 e. The standard InChI is InChI=1S/C16H19O2PS2.Na/c1-3-13-5-9-15(10-6-13)17-19(20,21)18-16-11-7-14(4-2)8-12-16;/h5-12H,3-4H2,1-2H3,(H,20,21);/q;+1/p-1. The zero-order valence-corrected chi connectivity index (χ0v) is 17.6. The van der Waals surface area contributed by atoms with Gasteiger partial charge in [0, 0.05) is 0 Å². The first-order chi connectivity index (χ1) is 10.0. The molecule has 2 nitrogen and oxygen atoms in total. The third-order valence-corrected chi connectivity index (χ3v) is 4.86. The second kappa shape index (κ2) is 9.36. The molecule has 0 saturated heterocycles. The summed E-state index contributed by atoms with van der Waals surface area (Å²) < 4.78 is 11.4. The van der Waals surface area contributed by atoms with Crippen molar-refractivity contribution >= 4 is 29.7 Å². The topological polar surface area (TPSA) is 18.5 Å². The molecule has 0 saturated carbocycles. The molecule has 0 spiro atoms. The van der Waals surface area contributed by atoms with Gasteiger partial charge >= 0.3 is 29.6 Å². The van der Waals surface area contributed by atoms with Crippen LogP contribution in [0.1, 0.15) is 25.0 Å². The summed E-state index contributed by atoms with van der Waals surface area (Å²) in [5, 5.41) is 0. The maximum absolute atomic E-state index is 5.68. The first kappa shape index (κ1) is 20.1. The van der Waals surface area contributed by atoms with Crippen molar-refractivity contribution in [1.29, 1.82) is 0 Å². The molecule has 0 fully saturated rings. The van der Waals surface area contributed by atoms with Gasteiger partial charge in [-0.2, -0.15) is 0 Å². The van der Waals surface area contributed by atoms with Crippen LogP contribution in [0.5, 0.6) is 11.5 Å². The summed E-state index contributed by atoms with van der Waals surface area (Å²) >= 11 is 10.6. The van der Waals surface area contributed by atoms with Gasteiger partial charge in [-0.1, -0.05) is 38.1 Å². The minimum Gasteiger partial charge on any atom is -0.665 e. The third-order valence-electron chi connectivity index (χ3n) is 3.10. The van der Waals surface area contributed by atoms with Crippen molar-refractivity contribution in [3.63, 3.8) is 0 Å². The average Bonchev–Trinajstić information content (AvgIpc) is 2.48. The van der Waals surface area contributed by atoms with Crippen LogP contribution in [0.4, 0.5) is 0 Å². The fourth-order valence-electron chi connectivity index (χ4n) is 1.85. The van der Waals surface area contributed by atoms with Crippen LogP contribution in [0.2, 0.25) is 0 Å². The first-order valence-corrected chi connectivity index (χ1v) is 10.6. The van der Waals surface area contributed by atoms with Gasteiger partial charge in [-0.15, -0.1) is 0 Å². The van der Waals surface area contributed by atoms with Crippen molar-refractivity contribution < 1.29 is 38.6 Å². The van der Waals surface area contributed by atoms with Gasteiger partial charge in [0.05, 0.1) is 0 Å². The van der Waals surface area contributed by atoms with Crippen molar-refractivity contribution in [2.24, 2.45) is 0 Å². The van der Waals surface area contributed by atoms with E-state index in [1.54, 1.807) is 0 Å². The van der Waals surface area contributed by atoms with Crippen LogP contribution in [-0.2, 0) is 36.9 Å². The van der Waals surface area contributed by atoms with Crippen molar-refractivity contribution in [2.45, 2.75) is 26.7 Å². The normalized spacial score (nSPS) is 10.7. The molecular formula is C16H18NaO2PS2. The molecule has 2 rings (SSSR count). The van der Waals surface area contributed by atoms with Crippen LogP contribution >= 0.6 is 5.69 Å². The first-order valence-electron chi connectivity index (χ1n) is 6.90. The van der Waals surface area contributed by atoms with Crippen LogP contribution in [0, 0.1) is 0 Å². The second-order valence-electron chi connectivity index (χ2n) is 4.62. The van der Waals surface area contributed by atoms with E-state index >= 15 is 0 Å². The summed E-state index contributed by atoms with van der Waals surface area (Å²) in [6, 6.07) is 15.6. The Morgan fingerprint density at radius 2 is 1.14 bits per heavy atom. The number of aryl methyl sites for hydroxylation is 2. The van der Waals surface area contributed by atoms with Gasteiger partial charge < -0.3 is 21.3 Å². The zero-order chi connectivity index (χ0) is 15.3. The van der Waals surface area contributed by atoms with Crippen molar-refractivity contribution in [3.8, 4) is 11.5 Å². The molecule has 6 heteroatoms. The predicted octanol–water partition coefficient (Wildman–Crippen LogP) is 2.04. The van der Waals surface area contributed by atoms with E-state index in [9.17, 15) is 0 Å². The Bertz CT molecular complexity index is 576. The zero-order valence-electron chi connectivity index (χ0n) is 13.1. The van der Waals surface area contributed by atoms with Crippen LogP contribution in [0.3, 0.4) is 0 Å². The van der Waals surface area contributed by atoms with Crippen LogP contribution < -0.4 is 38.6 Å². The Morgan fingerprint density at radius 1 is 0.818 bits per heavy atom. The molecule has 0 heterocycles. The van der Waals surface area contributed by atoms with Gasteiger partial charge in [-0.05, 0) is 60.0 Å². The maximum atomic E-state index is 5.68. The Labute approximate surface area is 165 Å². The van der Waals surface area contributed by atoms with Gasteiger partial charge in [-0.3, -0.25) is 0 Å². The molecule has 2 aromatic carbocycles. The molecule has 0 unspecified atom stereocenters. The number of hydrogen-bond acceptors (Lipinski definition) is 4. The summed E-state index contributed by atoms with van der Waals surface area (Å²) in [4.78, 5) is 0. The van der Waals surface area contributed by atoms with E-state index in [0.717, 1.165) is 12.8 Å². The van der Waals surface area contributed by atoms with E-state index in [2.05, 4.69) is 13.8 Å². The fourth-order valence-corrected chi connectivity index (χ4v) is 3.68. The molecular weight excluding hydrogens is 342 g/mol. The molecule has 2 aromatic rings. The monoisotopic (exact) mass is 360 g/mol. The molecule has 0 aliphatic carbocycles. The molecule has 0 N–H and O–H groups in total. The fraction of sp³-hybridized carbons (Fsp3) is 0.250. The molecule has 22 heavy (non-hydrogen) atoms. The number of rotatable bonds is 6. The minimum atomic E-state index is -2.77. The minimum absolute atomic E-state index is 0. The third kappa shape index (κ3) is 6.27. The van der Waals surface area contributed by atoms with Crippen LogP contribution in [0.25, 0.3) is 0 Å². The molecule has 112 valence electrons. The maximum Gasteiger partial charge on any atom is 1.00 e. The molecule has 0 aromatic heterocycles. The number of benzene rings is 2. The van der Waals surface area contributed by atoms with Crippen molar-refractivity contribution in [1.82, 2.24) is 0 Å². The van der Waals surface area contributed by atoms with Crippen molar-refractivity contribution in [3.05, 3.63) is 59.7 Å². The summed E-state index contributed by atoms with van der Waals surface area (Å²) in [5.41, 5.74) is -0.274. The van der Waals surface area contributed by atoms with Gasteiger partial charge in [0.1, 0.15) is 11.5 Å². The Kier molecular flexibility index (Phi) is 8.55. The van der Waals surface area contributed by atoms with E-state index in [1.165, 1.54) is 11.1 Å². The largest absolute Gasteiger partial charge is 1.00 e. The Hall–Kier alpha value is 0.0400. The molecule has 0 aliphatic heterocycles. The summed E-state index contributed by atoms with van der Waals surface area (Å²) in [6.45, 7) is 4.22. The van der Waals surface area contributed by atoms with E-state index in [1.807, 2.05) is 48.5 Å². The molecule has 0 amide bonds.